The molecule has 0 radical (unpaired) electrons. The van der Waals surface area contributed by atoms with Crippen molar-refractivity contribution in [2.75, 3.05) is 13.7 Å². The topological polar surface area (TPSA) is 38.3 Å². The van der Waals surface area contributed by atoms with Crippen LogP contribution in [0.3, 0.4) is 0 Å². The number of amides is 1. The summed E-state index contributed by atoms with van der Waals surface area (Å²) in [5.41, 5.74) is 1.71. The summed E-state index contributed by atoms with van der Waals surface area (Å²) >= 11 is 0. The largest absolute Gasteiger partial charge is 0.383 e. The lowest BCUT2D eigenvalue weighted by molar-refractivity contribution is 0.0905. The van der Waals surface area contributed by atoms with E-state index in [9.17, 15) is 4.79 Å². The Kier molecular flexibility index (Phi) is 4.31. The van der Waals surface area contributed by atoms with Crippen LogP contribution in [0.2, 0.25) is 0 Å². The van der Waals surface area contributed by atoms with Gasteiger partial charge in [-0.3, -0.25) is 4.79 Å². The molecule has 1 N–H and O–H groups in total. The van der Waals surface area contributed by atoms with Crippen molar-refractivity contribution in [1.29, 1.82) is 0 Å². The molecule has 1 amide bonds. The van der Waals surface area contributed by atoms with E-state index in [0.29, 0.717) is 6.61 Å². The number of carbonyl (C=O) groups is 1. The Hall–Kier alpha value is -1.35. The maximum absolute atomic E-state index is 11.8. The number of benzene rings is 1. The third-order valence-corrected chi connectivity index (χ3v) is 2.18. The minimum Gasteiger partial charge on any atom is -0.383 e. The van der Waals surface area contributed by atoms with Crippen molar-refractivity contribution < 1.29 is 9.53 Å². The second-order valence-electron chi connectivity index (χ2n) is 3.64. The molecule has 1 aromatic carbocycles. The van der Waals surface area contributed by atoms with Gasteiger partial charge in [0.15, 0.2) is 0 Å². The second-order valence-corrected chi connectivity index (χ2v) is 3.64. The Morgan fingerprint density at radius 3 is 2.73 bits per heavy atom. The third kappa shape index (κ3) is 3.36. The highest BCUT2D eigenvalue weighted by Crippen LogP contribution is 2.06. The van der Waals surface area contributed by atoms with Gasteiger partial charge in [-0.15, -0.1) is 0 Å². The van der Waals surface area contributed by atoms with Crippen molar-refractivity contribution in [3.8, 4) is 0 Å². The standard InChI is InChI=1S/C12H17NO2/c1-9-6-4-5-7-11(9)12(14)13-10(2)8-15-3/h4-7,10H,8H2,1-3H3,(H,13,14). The summed E-state index contributed by atoms with van der Waals surface area (Å²) in [5, 5.41) is 2.87. The Bertz CT molecular complexity index is 336. The summed E-state index contributed by atoms with van der Waals surface area (Å²) < 4.78 is 4.96. The predicted octanol–water partition coefficient (Wildman–Crippen LogP) is 1.76. The molecular formula is C12H17NO2. The van der Waals surface area contributed by atoms with Crippen LogP contribution >= 0.6 is 0 Å². The average Bonchev–Trinajstić information content (AvgIpc) is 2.18. The smallest absolute Gasteiger partial charge is 0.251 e. The quantitative estimate of drug-likeness (QED) is 0.817. The molecule has 0 aliphatic rings. The highest BCUT2D eigenvalue weighted by molar-refractivity contribution is 5.95. The zero-order valence-electron chi connectivity index (χ0n) is 9.41. The summed E-state index contributed by atoms with van der Waals surface area (Å²) in [6.07, 6.45) is 0. The van der Waals surface area contributed by atoms with Gasteiger partial charge < -0.3 is 10.1 Å². The van der Waals surface area contributed by atoms with Crippen LogP contribution in [0.4, 0.5) is 0 Å². The van der Waals surface area contributed by atoms with Gasteiger partial charge in [0.25, 0.3) is 5.91 Å². The van der Waals surface area contributed by atoms with Crippen molar-refractivity contribution in [1.82, 2.24) is 5.32 Å². The van der Waals surface area contributed by atoms with Gasteiger partial charge >= 0.3 is 0 Å². The summed E-state index contributed by atoms with van der Waals surface area (Å²) in [4.78, 5) is 11.8. The van der Waals surface area contributed by atoms with Crippen LogP contribution in [-0.2, 0) is 4.74 Å². The SMILES string of the molecule is COCC(C)NC(=O)c1ccccc1C. The first-order chi connectivity index (χ1) is 7.15. The molecule has 0 aromatic heterocycles. The van der Waals surface area contributed by atoms with Crippen LogP contribution in [0.25, 0.3) is 0 Å². The van der Waals surface area contributed by atoms with E-state index in [0.717, 1.165) is 11.1 Å². The molecule has 1 atom stereocenters. The minimum atomic E-state index is -0.0438. The number of hydrogen-bond donors (Lipinski definition) is 1. The van der Waals surface area contributed by atoms with Crippen LogP contribution in [-0.4, -0.2) is 25.7 Å². The van der Waals surface area contributed by atoms with E-state index >= 15 is 0 Å². The molecule has 0 aliphatic heterocycles. The maximum Gasteiger partial charge on any atom is 0.251 e. The molecule has 15 heavy (non-hydrogen) atoms. The highest BCUT2D eigenvalue weighted by atomic mass is 16.5. The molecule has 0 aliphatic carbocycles. The number of aryl methyl sites for hydroxylation is 1. The van der Waals surface area contributed by atoms with E-state index in [-0.39, 0.29) is 11.9 Å². The summed E-state index contributed by atoms with van der Waals surface area (Å²) in [5.74, 6) is -0.0438. The molecule has 3 heteroatoms. The number of carbonyl (C=O) groups excluding carboxylic acids is 1. The van der Waals surface area contributed by atoms with Gasteiger partial charge in [-0.05, 0) is 25.5 Å². The van der Waals surface area contributed by atoms with Gasteiger partial charge in [0.2, 0.25) is 0 Å². The van der Waals surface area contributed by atoms with Crippen molar-refractivity contribution in [2.45, 2.75) is 19.9 Å². The number of methoxy groups -OCH3 is 1. The Labute approximate surface area is 90.4 Å². The molecule has 0 heterocycles. The van der Waals surface area contributed by atoms with Gasteiger partial charge in [-0.1, -0.05) is 18.2 Å². The van der Waals surface area contributed by atoms with E-state index in [1.807, 2.05) is 38.1 Å². The first kappa shape index (κ1) is 11.7. The molecule has 0 saturated carbocycles. The van der Waals surface area contributed by atoms with Crippen molar-refractivity contribution >= 4 is 5.91 Å². The second kappa shape index (κ2) is 5.51. The van der Waals surface area contributed by atoms with Crippen LogP contribution < -0.4 is 5.32 Å². The maximum atomic E-state index is 11.8. The fourth-order valence-corrected chi connectivity index (χ4v) is 1.42. The lowest BCUT2D eigenvalue weighted by Gasteiger charge is -2.13. The Morgan fingerprint density at radius 1 is 1.47 bits per heavy atom. The van der Waals surface area contributed by atoms with Crippen molar-refractivity contribution in [3.63, 3.8) is 0 Å². The molecule has 0 saturated heterocycles. The predicted molar refractivity (Wildman–Crippen MR) is 60.0 cm³/mol. The van der Waals surface area contributed by atoms with Gasteiger partial charge in [-0.25, -0.2) is 0 Å². The fraction of sp³-hybridized carbons (Fsp3) is 0.417. The normalized spacial score (nSPS) is 12.2. The van der Waals surface area contributed by atoms with Crippen LogP contribution in [0.15, 0.2) is 24.3 Å². The monoisotopic (exact) mass is 207 g/mol. The zero-order chi connectivity index (χ0) is 11.3. The first-order valence-electron chi connectivity index (χ1n) is 5.00. The summed E-state index contributed by atoms with van der Waals surface area (Å²) in [6.45, 7) is 4.37. The minimum absolute atomic E-state index is 0.0297. The Balaban J connectivity index is 2.65. The molecular weight excluding hydrogens is 190 g/mol. The average molecular weight is 207 g/mol. The van der Waals surface area contributed by atoms with E-state index in [4.69, 9.17) is 4.74 Å². The first-order valence-corrected chi connectivity index (χ1v) is 5.00. The molecule has 1 unspecified atom stereocenters. The molecule has 3 nitrogen and oxygen atoms in total. The summed E-state index contributed by atoms with van der Waals surface area (Å²) in [7, 11) is 1.62. The van der Waals surface area contributed by atoms with Gasteiger partial charge in [0, 0.05) is 18.7 Å². The number of nitrogens with one attached hydrogen (secondary N) is 1. The van der Waals surface area contributed by atoms with Gasteiger partial charge in [0.1, 0.15) is 0 Å². The van der Waals surface area contributed by atoms with E-state index < -0.39 is 0 Å². The number of ether oxygens (including phenoxy) is 1. The number of hydrogen-bond acceptors (Lipinski definition) is 2. The zero-order valence-corrected chi connectivity index (χ0v) is 9.41. The van der Waals surface area contributed by atoms with E-state index in [1.165, 1.54) is 0 Å². The molecule has 0 fully saturated rings. The summed E-state index contributed by atoms with van der Waals surface area (Å²) in [6, 6.07) is 7.57. The molecule has 1 aromatic rings. The van der Waals surface area contributed by atoms with Crippen LogP contribution in [0.5, 0.6) is 0 Å². The van der Waals surface area contributed by atoms with Crippen LogP contribution in [0, 0.1) is 6.92 Å². The van der Waals surface area contributed by atoms with Crippen LogP contribution in [0.1, 0.15) is 22.8 Å². The molecule has 1 rings (SSSR count). The molecule has 0 spiro atoms. The lowest BCUT2D eigenvalue weighted by atomic mass is 10.1. The van der Waals surface area contributed by atoms with Gasteiger partial charge in [-0.2, -0.15) is 0 Å². The van der Waals surface area contributed by atoms with Crippen molar-refractivity contribution in [2.24, 2.45) is 0 Å². The molecule has 82 valence electrons. The highest BCUT2D eigenvalue weighted by Gasteiger charge is 2.10. The fourth-order valence-electron chi connectivity index (χ4n) is 1.42. The Morgan fingerprint density at radius 2 is 2.13 bits per heavy atom. The molecule has 0 bridgehead atoms. The number of rotatable bonds is 4. The van der Waals surface area contributed by atoms with Gasteiger partial charge in [0.05, 0.1) is 6.61 Å². The lowest BCUT2D eigenvalue weighted by Crippen LogP contribution is -2.35. The third-order valence-electron chi connectivity index (χ3n) is 2.18. The van der Waals surface area contributed by atoms with E-state index in [2.05, 4.69) is 5.32 Å². The van der Waals surface area contributed by atoms with E-state index in [1.54, 1.807) is 7.11 Å². The van der Waals surface area contributed by atoms with Crippen molar-refractivity contribution in [3.05, 3.63) is 35.4 Å².